The topological polar surface area (TPSA) is 145 Å². The van der Waals surface area contributed by atoms with E-state index in [0.29, 0.717) is 11.3 Å². The van der Waals surface area contributed by atoms with Crippen LogP contribution in [0, 0.1) is 17.0 Å². The molecule has 9 nitrogen and oxygen atoms in total. The molecule has 0 saturated carbocycles. The van der Waals surface area contributed by atoms with Crippen molar-refractivity contribution < 1.29 is 30.1 Å². The molecule has 1 saturated heterocycles. The minimum Gasteiger partial charge on any atom is -0.394 e. The van der Waals surface area contributed by atoms with Gasteiger partial charge in [-0.1, -0.05) is 6.07 Å². The first-order valence-corrected chi connectivity index (χ1v) is 6.67. The van der Waals surface area contributed by atoms with Gasteiger partial charge in [-0.25, -0.2) is 0 Å². The van der Waals surface area contributed by atoms with Gasteiger partial charge in [0.1, 0.15) is 24.4 Å². The number of aliphatic hydroxyl groups excluding tert-OH is 4. The van der Waals surface area contributed by atoms with Crippen molar-refractivity contribution in [2.45, 2.75) is 37.6 Å². The summed E-state index contributed by atoms with van der Waals surface area (Å²) in [5.41, 5.74) is 0.874. The van der Waals surface area contributed by atoms with Crippen molar-refractivity contribution in [2.24, 2.45) is 0 Å². The largest absolute Gasteiger partial charge is 0.394 e. The predicted molar refractivity (Wildman–Crippen MR) is 75.2 cm³/mol. The van der Waals surface area contributed by atoms with Gasteiger partial charge in [0, 0.05) is 17.8 Å². The van der Waals surface area contributed by atoms with Gasteiger partial charge < -0.3 is 30.5 Å². The summed E-state index contributed by atoms with van der Waals surface area (Å²) < 4.78 is 5.30. The molecule has 0 bridgehead atoms. The molecule has 22 heavy (non-hydrogen) atoms. The number of ether oxygens (including phenoxy) is 1. The molecule has 0 unspecified atom stereocenters. The molecule has 1 aliphatic heterocycles. The normalized spacial score (nSPS) is 31.8. The number of aryl methyl sites for hydroxylation is 1. The van der Waals surface area contributed by atoms with Crippen LogP contribution in [0.4, 0.5) is 11.4 Å². The number of nitrogens with zero attached hydrogens (tertiary/aromatic N) is 1. The SMILES string of the molecule is Cc1ccc([N+](=O)[O-])cc1N[C@@H]1O[C@@H](CO)[C@H](O)[C@@H](O)[C@@H]1O. The smallest absolute Gasteiger partial charge is 0.271 e. The molecule has 1 aliphatic rings. The van der Waals surface area contributed by atoms with Gasteiger partial charge in [0.05, 0.1) is 11.5 Å². The van der Waals surface area contributed by atoms with Crippen LogP contribution < -0.4 is 5.32 Å². The van der Waals surface area contributed by atoms with Crippen LogP contribution in [0.3, 0.4) is 0 Å². The summed E-state index contributed by atoms with van der Waals surface area (Å²) in [6.45, 7) is 1.16. The molecule has 0 amide bonds. The Bertz CT molecular complexity index is 551. The van der Waals surface area contributed by atoms with Gasteiger partial charge >= 0.3 is 0 Å². The summed E-state index contributed by atoms with van der Waals surface area (Å²) in [5.74, 6) is 0. The maximum absolute atomic E-state index is 10.8. The van der Waals surface area contributed by atoms with Crippen LogP contribution in [0.5, 0.6) is 0 Å². The summed E-state index contributed by atoms with van der Waals surface area (Å²) >= 11 is 0. The lowest BCUT2D eigenvalue weighted by Gasteiger charge is -2.40. The Kier molecular flexibility index (Phi) is 4.94. The number of nitro groups is 1. The number of benzene rings is 1. The lowest BCUT2D eigenvalue weighted by molar-refractivity contribution is -0.384. The third kappa shape index (κ3) is 3.18. The van der Waals surface area contributed by atoms with Gasteiger partial charge in [-0.3, -0.25) is 10.1 Å². The van der Waals surface area contributed by atoms with Gasteiger partial charge in [0.25, 0.3) is 5.69 Å². The van der Waals surface area contributed by atoms with Crippen molar-refractivity contribution in [1.29, 1.82) is 0 Å². The maximum atomic E-state index is 10.8. The van der Waals surface area contributed by atoms with Crippen molar-refractivity contribution in [3.05, 3.63) is 33.9 Å². The van der Waals surface area contributed by atoms with Crippen LogP contribution in [0.15, 0.2) is 18.2 Å². The molecular formula is C13H18N2O7. The number of nitro benzene ring substituents is 1. The fourth-order valence-electron chi connectivity index (χ4n) is 2.25. The monoisotopic (exact) mass is 314 g/mol. The Morgan fingerprint density at radius 2 is 1.95 bits per heavy atom. The molecule has 1 aromatic rings. The highest BCUT2D eigenvalue weighted by Crippen LogP contribution is 2.27. The van der Waals surface area contributed by atoms with E-state index in [2.05, 4.69) is 5.32 Å². The number of anilines is 1. The number of hydrogen-bond donors (Lipinski definition) is 5. The van der Waals surface area contributed by atoms with Crippen LogP contribution in [0.25, 0.3) is 0 Å². The summed E-state index contributed by atoms with van der Waals surface area (Å²) in [6.07, 6.45) is -6.60. The second-order valence-electron chi connectivity index (χ2n) is 5.15. The zero-order valence-electron chi connectivity index (χ0n) is 11.8. The third-order valence-electron chi connectivity index (χ3n) is 3.62. The van der Waals surface area contributed by atoms with Crippen LogP contribution >= 0.6 is 0 Å². The Morgan fingerprint density at radius 1 is 1.27 bits per heavy atom. The molecule has 9 heteroatoms. The predicted octanol–water partition coefficient (Wildman–Crippen LogP) is -0.885. The van der Waals surface area contributed by atoms with Gasteiger partial charge in [-0.05, 0) is 12.5 Å². The fraction of sp³-hybridized carbons (Fsp3) is 0.538. The van der Waals surface area contributed by atoms with E-state index in [-0.39, 0.29) is 5.69 Å². The number of non-ortho nitro benzene ring substituents is 1. The average Bonchev–Trinajstić information content (AvgIpc) is 2.49. The summed E-state index contributed by atoms with van der Waals surface area (Å²) in [6, 6.07) is 4.15. The van der Waals surface area contributed by atoms with E-state index >= 15 is 0 Å². The summed E-state index contributed by atoms with van der Waals surface area (Å²) in [4.78, 5) is 10.2. The van der Waals surface area contributed by atoms with Gasteiger partial charge in [-0.15, -0.1) is 0 Å². The quantitative estimate of drug-likeness (QED) is 0.355. The Labute approximate surface area is 125 Å². The average molecular weight is 314 g/mol. The molecule has 1 fully saturated rings. The van der Waals surface area contributed by atoms with E-state index in [9.17, 15) is 25.4 Å². The highest BCUT2D eigenvalue weighted by Gasteiger charge is 2.43. The van der Waals surface area contributed by atoms with E-state index < -0.39 is 42.2 Å². The van der Waals surface area contributed by atoms with Gasteiger partial charge in [0.15, 0.2) is 6.23 Å². The molecule has 2 rings (SSSR count). The van der Waals surface area contributed by atoms with E-state index in [1.165, 1.54) is 18.2 Å². The lowest BCUT2D eigenvalue weighted by Crippen LogP contribution is -2.60. The van der Waals surface area contributed by atoms with Crippen LogP contribution in [0.2, 0.25) is 0 Å². The van der Waals surface area contributed by atoms with Crippen LogP contribution in [-0.2, 0) is 4.74 Å². The first kappa shape index (κ1) is 16.6. The van der Waals surface area contributed by atoms with E-state index in [1.807, 2.05) is 0 Å². The second kappa shape index (κ2) is 6.55. The molecule has 122 valence electrons. The number of nitrogens with one attached hydrogen (secondary N) is 1. The Hall–Kier alpha value is -1.78. The van der Waals surface area contributed by atoms with E-state index in [4.69, 9.17) is 9.84 Å². The van der Waals surface area contributed by atoms with E-state index in [0.717, 1.165) is 0 Å². The molecule has 0 radical (unpaired) electrons. The minimum atomic E-state index is -1.51. The van der Waals surface area contributed by atoms with Crippen molar-refractivity contribution in [2.75, 3.05) is 11.9 Å². The van der Waals surface area contributed by atoms with Crippen molar-refractivity contribution in [1.82, 2.24) is 0 Å². The summed E-state index contributed by atoms with van der Waals surface area (Å²) in [7, 11) is 0. The van der Waals surface area contributed by atoms with Gasteiger partial charge in [-0.2, -0.15) is 0 Å². The lowest BCUT2D eigenvalue weighted by atomic mass is 9.98. The van der Waals surface area contributed by atoms with Crippen LogP contribution in [0.1, 0.15) is 5.56 Å². The fourth-order valence-corrected chi connectivity index (χ4v) is 2.25. The summed E-state index contributed by atoms with van der Waals surface area (Å²) in [5, 5.41) is 52.0. The van der Waals surface area contributed by atoms with Crippen LogP contribution in [-0.4, -0.2) is 62.6 Å². The van der Waals surface area contributed by atoms with Gasteiger partial charge in [0.2, 0.25) is 0 Å². The zero-order chi connectivity index (χ0) is 16.4. The van der Waals surface area contributed by atoms with E-state index in [1.54, 1.807) is 6.92 Å². The van der Waals surface area contributed by atoms with Crippen molar-refractivity contribution in [3.8, 4) is 0 Å². The molecule has 1 heterocycles. The molecular weight excluding hydrogens is 296 g/mol. The molecule has 1 aromatic carbocycles. The first-order chi connectivity index (χ1) is 10.3. The number of rotatable bonds is 4. The molecule has 0 spiro atoms. The third-order valence-corrected chi connectivity index (χ3v) is 3.62. The Morgan fingerprint density at radius 3 is 2.55 bits per heavy atom. The standard InChI is InChI=1S/C13H18N2O7/c1-6-2-3-7(15(20)21)4-8(6)14-13-12(19)11(18)10(17)9(5-16)22-13/h2-4,9-14,16-19H,5H2,1H3/t9-,10-,11+,12-,13+/m0/s1. The molecule has 0 aliphatic carbocycles. The second-order valence-corrected chi connectivity index (χ2v) is 5.15. The number of hydrogen-bond acceptors (Lipinski definition) is 8. The highest BCUT2D eigenvalue weighted by atomic mass is 16.6. The molecule has 0 aromatic heterocycles. The minimum absolute atomic E-state index is 0.141. The Balaban J connectivity index is 2.22. The van der Waals surface area contributed by atoms with Crippen molar-refractivity contribution >= 4 is 11.4 Å². The maximum Gasteiger partial charge on any atom is 0.271 e. The number of aliphatic hydroxyl groups is 4. The molecule has 5 atom stereocenters. The first-order valence-electron chi connectivity index (χ1n) is 6.67. The van der Waals surface area contributed by atoms with Crippen molar-refractivity contribution in [3.63, 3.8) is 0 Å². The zero-order valence-corrected chi connectivity index (χ0v) is 11.8. The highest BCUT2D eigenvalue weighted by molar-refractivity contribution is 5.57. The molecule has 5 N–H and O–H groups in total.